The molecule has 1 atom stereocenters. The number of amides is 1. The van der Waals surface area contributed by atoms with E-state index in [4.69, 9.17) is 4.74 Å². The van der Waals surface area contributed by atoms with Crippen LogP contribution in [0.4, 0.5) is 10.5 Å². The molecule has 1 amide bonds. The lowest BCUT2D eigenvalue weighted by Gasteiger charge is -2.35. The summed E-state index contributed by atoms with van der Waals surface area (Å²) in [6.07, 6.45) is -0.495. The Labute approximate surface area is 185 Å². The molecule has 0 bridgehead atoms. The van der Waals surface area contributed by atoms with E-state index in [9.17, 15) is 13.2 Å². The van der Waals surface area contributed by atoms with Crippen molar-refractivity contribution in [1.82, 2.24) is 9.80 Å². The molecular formula is C23H31N3O4S. The number of benzene rings is 2. The van der Waals surface area contributed by atoms with Gasteiger partial charge in [-0.2, -0.15) is 0 Å². The number of hydrogen-bond acceptors (Lipinski definition) is 5. The van der Waals surface area contributed by atoms with Crippen molar-refractivity contribution >= 4 is 21.8 Å². The van der Waals surface area contributed by atoms with Gasteiger partial charge in [-0.25, -0.2) is 13.2 Å². The van der Waals surface area contributed by atoms with E-state index >= 15 is 0 Å². The van der Waals surface area contributed by atoms with E-state index in [0.29, 0.717) is 25.2 Å². The molecule has 2 aromatic carbocycles. The number of ether oxygens (including phenoxy) is 1. The first-order chi connectivity index (χ1) is 14.7. The number of fused-ring (bicyclic) bond motifs is 1. The maximum atomic E-state index is 13.4. The van der Waals surface area contributed by atoms with Crippen molar-refractivity contribution in [3.63, 3.8) is 0 Å². The van der Waals surface area contributed by atoms with Gasteiger partial charge in [0.25, 0.3) is 10.0 Å². The molecule has 2 aromatic rings. The Balaban J connectivity index is 1.85. The predicted molar refractivity (Wildman–Crippen MR) is 122 cm³/mol. The number of nitrogens with zero attached hydrogens (tertiary/aromatic N) is 3. The normalized spacial score (nSPS) is 16.2. The van der Waals surface area contributed by atoms with Gasteiger partial charge >= 0.3 is 6.09 Å². The fraction of sp³-hybridized carbons (Fsp3) is 0.435. The molecule has 0 saturated heterocycles. The molecule has 0 N–H and O–H groups in total. The standard InChI is InChI=1S/C23H31N3O4S/c1-5-25(15-14-24(3)4)23(27)30-20-16-19-8-6-7-9-22(19)26(17-20)31(28,29)21-12-10-18(2)11-13-21/h6-13,20H,5,14-17H2,1-4H3. The number of hydrogen-bond donors (Lipinski definition) is 0. The minimum Gasteiger partial charge on any atom is -0.444 e. The smallest absolute Gasteiger partial charge is 0.410 e. The first-order valence-electron chi connectivity index (χ1n) is 10.5. The third-order valence-electron chi connectivity index (χ3n) is 5.41. The van der Waals surface area contributed by atoms with Gasteiger partial charge in [0.15, 0.2) is 0 Å². The van der Waals surface area contributed by atoms with Crippen LogP contribution in [-0.2, 0) is 21.2 Å². The molecular weight excluding hydrogens is 414 g/mol. The maximum absolute atomic E-state index is 13.4. The van der Waals surface area contributed by atoms with Gasteiger partial charge in [-0.3, -0.25) is 4.31 Å². The van der Waals surface area contributed by atoms with Crippen LogP contribution in [0.25, 0.3) is 0 Å². The fourth-order valence-electron chi connectivity index (χ4n) is 3.58. The van der Waals surface area contributed by atoms with Crippen LogP contribution < -0.4 is 4.31 Å². The van der Waals surface area contributed by atoms with Crippen molar-refractivity contribution < 1.29 is 17.9 Å². The average Bonchev–Trinajstić information content (AvgIpc) is 2.73. The highest BCUT2D eigenvalue weighted by Crippen LogP contribution is 2.33. The summed E-state index contributed by atoms with van der Waals surface area (Å²) in [7, 11) is 0.112. The lowest BCUT2D eigenvalue weighted by Crippen LogP contribution is -2.46. The number of carbonyl (C=O) groups excluding carboxylic acids is 1. The summed E-state index contributed by atoms with van der Waals surface area (Å²) in [6, 6.07) is 14.2. The molecule has 8 heteroatoms. The summed E-state index contributed by atoms with van der Waals surface area (Å²) < 4.78 is 34.0. The minimum absolute atomic E-state index is 0.0875. The van der Waals surface area contributed by atoms with E-state index in [-0.39, 0.29) is 11.4 Å². The third-order valence-corrected chi connectivity index (χ3v) is 7.20. The van der Waals surface area contributed by atoms with Gasteiger partial charge in [0.1, 0.15) is 6.10 Å². The van der Waals surface area contributed by atoms with Gasteiger partial charge in [0.2, 0.25) is 0 Å². The summed E-state index contributed by atoms with van der Waals surface area (Å²) in [5.41, 5.74) is 2.47. The van der Waals surface area contributed by atoms with E-state index in [1.165, 1.54) is 4.31 Å². The van der Waals surface area contributed by atoms with Gasteiger partial charge in [-0.15, -0.1) is 0 Å². The van der Waals surface area contributed by atoms with Crippen LogP contribution in [-0.4, -0.2) is 70.7 Å². The lowest BCUT2D eigenvalue weighted by molar-refractivity contribution is 0.0647. The molecule has 0 aliphatic carbocycles. The molecule has 1 unspecified atom stereocenters. The topological polar surface area (TPSA) is 70.2 Å². The highest BCUT2D eigenvalue weighted by atomic mass is 32.2. The van der Waals surface area contributed by atoms with Crippen LogP contribution in [0.2, 0.25) is 0 Å². The molecule has 1 heterocycles. The third kappa shape index (κ3) is 5.37. The van der Waals surface area contributed by atoms with Gasteiger partial charge in [-0.1, -0.05) is 35.9 Å². The van der Waals surface area contributed by atoms with Crippen molar-refractivity contribution in [3.05, 3.63) is 59.7 Å². The molecule has 168 valence electrons. The second kappa shape index (κ2) is 9.70. The van der Waals surface area contributed by atoms with Gasteiger partial charge in [0, 0.05) is 26.1 Å². The fourth-order valence-corrected chi connectivity index (χ4v) is 5.11. The Hall–Kier alpha value is -2.58. The zero-order valence-electron chi connectivity index (χ0n) is 18.6. The minimum atomic E-state index is -3.79. The van der Waals surface area contributed by atoms with Crippen molar-refractivity contribution in [2.45, 2.75) is 31.3 Å². The Morgan fingerprint density at radius 3 is 2.42 bits per heavy atom. The van der Waals surface area contributed by atoms with Crippen LogP contribution in [0.3, 0.4) is 0 Å². The lowest BCUT2D eigenvalue weighted by atomic mass is 10.0. The van der Waals surface area contributed by atoms with Crippen molar-refractivity contribution in [3.8, 4) is 0 Å². The molecule has 31 heavy (non-hydrogen) atoms. The molecule has 0 saturated carbocycles. The van der Waals surface area contributed by atoms with E-state index in [1.807, 2.05) is 51.0 Å². The van der Waals surface area contributed by atoms with Crippen LogP contribution in [0.15, 0.2) is 53.4 Å². The monoisotopic (exact) mass is 445 g/mol. The zero-order valence-corrected chi connectivity index (χ0v) is 19.4. The Morgan fingerprint density at radius 1 is 1.10 bits per heavy atom. The molecule has 0 radical (unpaired) electrons. The number of rotatable bonds is 7. The number of sulfonamides is 1. The highest BCUT2D eigenvalue weighted by molar-refractivity contribution is 7.92. The Morgan fingerprint density at radius 2 is 1.77 bits per heavy atom. The van der Waals surface area contributed by atoms with Crippen molar-refractivity contribution in [1.29, 1.82) is 0 Å². The first kappa shape index (κ1) is 23.1. The van der Waals surface area contributed by atoms with Crippen LogP contribution >= 0.6 is 0 Å². The molecule has 7 nitrogen and oxygen atoms in total. The summed E-state index contributed by atoms with van der Waals surface area (Å²) in [4.78, 5) is 16.6. The van der Waals surface area contributed by atoms with Gasteiger partial charge in [-0.05, 0) is 51.7 Å². The summed E-state index contributed by atoms with van der Waals surface area (Å²) >= 11 is 0. The number of carbonyl (C=O) groups is 1. The van der Waals surface area contributed by atoms with Crippen LogP contribution in [0.5, 0.6) is 0 Å². The van der Waals surface area contributed by atoms with E-state index in [0.717, 1.165) is 17.7 Å². The average molecular weight is 446 g/mol. The van der Waals surface area contributed by atoms with Gasteiger partial charge < -0.3 is 14.5 Å². The maximum Gasteiger partial charge on any atom is 0.410 e. The van der Waals surface area contributed by atoms with Crippen LogP contribution in [0, 0.1) is 6.92 Å². The molecule has 0 aromatic heterocycles. The molecule has 3 rings (SSSR count). The van der Waals surface area contributed by atoms with Crippen molar-refractivity contribution in [2.75, 3.05) is 44.6 Å². The second-order valence-electron chi connectivity index (χ2n) is 8.07. The van der Waals surface area contributed by atoms with E-state index in [1.54, 1.807) is 35.2 Å². The Kier molecular flexibility index (Phi) is 7.23. The summed E-state index contributed by atoms with van der Waals surface area (Å²) in [5, 5.41) is 0. The van der Waals surface area contributed by atoms with Gasteiger partial charge in [0.05, 0.1) is 17.1 Å². The molecule has 0 fully saturated rings. The van der Waals surface area contributed by atoms with Crippen molar-refractivity contribution in [2.24, 2.45) is 0 Å². The molecule has 1 aliphatic heterocycles. The molecule has 1 aliphatic rings. The number of anilines is 1. The van der Waals surface area contributed by atoms with Crippen LogP contribution in [0.1, 0.15) is 18.1 Å². The second-order valence-corrected chi connectivity index (χ2v) is 9.93. The quantitative estimate of drug-likeness (QED) is 0.655. The number of para-hydroxylation sites is 1. The summed E-state index contributed by atoms with van der Waals surface area (Å²) in [6.45, 7) is 5.71. The van der Waals surface area contributed by atoms with E-state index in [2.05, 4.69) is 0 Å². The molecule has 0 spiro atoms. The highest BCUT2D eigenvalue weighted by Gasteiger charge is 2.35. The Bertz CT molecular complexity index is 1010. The first-order valence-corrected chi connectivity index (χ1v) is 11.9. The SMILES string of the molecule is CCN(CCN(C)C)C(=O)OC1Cc2ccccc2N(S(=O)(=O)c2ccc(C)cc2)C1. The number of aryl methyl sites for hydroxylation is 1. The predicted octanol–water partition coefficient (Wildman–Crippen LogP) is 3.14. The van der Waals surface area contributed by atoms with E-state index < -0.39 is 22.2 Å². The summed E-state index contributed by atoms with van der Waals surface area (Å²) in [5.74, 6) is 0. The number of likely N-dealkylation sites (N-methyl/N-ethyl adjacent to an activating group) is 2. The largest absolute Gasteiger partial charge is 0.444 e. The zero-order chi connectivity index (χ0) is 22.6.